The number of nitrogens with zero attached hydrogens (tertiary/aromatic N) is 1. The minimum Gasteiger partial charge on any atom is -0.302 e. The molecule has 0 saturated carbocycles. The number of benzene rings is 1. The monoisotopic (exact) mass is 286 g/mol. The van der Waals surface area contributed by atoms with Gasteiger partial charge in [0.15, 0.2) is 0 Å². The first kappa shape index (κ1) is 15.3. The standard InChI is InChI=1S/C15H21F3N2/c1-14(2,19-10-15(16,17)18)13-5-4-12-9-20(3)7-6-11(12)8-13/h4-5,8,19H,6-7,9-10H2,1-3H3. The lowest BCUT2D eigenvalue weighted by Crippen LogP contribution is -2.42. The van der Waals surface area contributed by atoms with E-state index < -0.39 is 18.3 Å². The lowest BCUT2D eigenvalue weighted by Gasteiger charge is -2.31. The van der Waals surface area contributed by atoms with Gasteiger partial charge in [0.05, 0.1) is 6.54 Å². The molecule has 112 valence electrons. The van der Waals surface area contributed by atoms with Gasteiger partial charge < -0.3 is 4.90 Å². The fourth-order valence-electron chi connectivity index (χ4n) is 2.51. The summed E-state index contributed by atoms with van der Waals surface area (Å²) in [6.07, 6.45) is -3.23. The van der Waals surface area contributed by atoms with Crippen molar-refractivity contribution in [3.05, 3.63) is 34.9 Å². The summed E-state index contributed by atoms with van der Waals surface area (Å²) in [5.41, 5.74) is 2.75. The number of alkyl halides is 3. The molecule has 1 aromatic carbocycles. The normalized spacial score (nSPS) is 17.1. The molecule has 0 spiro atoms. The second-order valence-electron chi connectivity index (χ2n) is 6.07. The highest BCUT2D eigenvalue weighted by Crippen LogP contribution is 2.27. The van der Waals surface area contributed by atoms with Crippen LogP contribution in [-0.4, -0.2) is 31.2 Å². The smallest absolute Gasteiger partial charge is 0.302 e. The van der Waals surface area contributed by atoms with Gasteiger partial charge in [-0.1, -0.05) is 18.2 Å². The minimum atomic E-state index is -4.19. The lowest BCUT2D eigenvalue weighted by molar-refractivity contribution is -0.128. The summed E-state index contributed by atoms with van der Waals surface area (Å²) in [5.74, 6) is 0. The molecule has 1 aromatic rings. The molecule has 1 aliphatic rings. The van der Waals surface area contributed by atoms with Gasteiger partial charge in [0, 0.05) is 18.6 Å². The molecule has 0 bridgehead atoms. The van der Waals surface area contributed by atoms with E-state index in [9.17, 15) is 13.2 Å². The number of rotatable bonds is 3. The number of halogens is 3. The van der Waals surface area contributed by atoms with Crippen molar-refractivity contribution < 1.29 is 13.2 Å². The Bertz CT molecular complexity index is 480. The highest BCUT2D eigenvalue weighted by molar-refractivity contribution is 5.36. The molecule has 0 radical (unpaired) electrons. The molecule has 0 fully saturated rings. The SMILES string of the molecule is CN1CCc2cc(C(C)(C)NCC(F)(F)F)ccc2C1. The molecule has 0 saturated heterocycles. The maximum atomic E-state index is 12.4. The van der Waals surface area contributed by atoms with E-state index in [1.165, 1.54) is 11.1 Å². The third-order valence-corrected chi connectivity index (χ3v) is 3.86. The molecular formula is C15H21F3N2. The Morgan fingerprint density at radius 2 is 1.90 bits per heavy atom. The molecule has 1 N–H and O–H groups in total. The fourth-order valence-corrected chi connectivity index (χ4v) is 2.51. The first-order valence-electron chi connectivity index (χ1n) is 6.80. The van der Waals surface area contributed by atoms with Gasteiger partial charge in [-0.25, -0.2) is 0 Å². The predicted octanol–water partition coefficient (Wildman–Crippen LogP) is 3.06. The van der Waals surface area contributed by atoms with Crippen LogP contribution in [0.25, 0.3) is 0 Å². The molecule has 2 nitrogen and oxygen atoms in total. The highest BCUT2D eigenvalue weighted by atomic mass is 19.4. The van der Waals surface area contributed by atoms with E-state index in [0.29, 0.717) is 0 Å². The average molecular weight is 286 g/mol. The minimum absolute atomic E-state index is 0.687. The Balaban J connectivity index is 2.16. The number of hydrogen-bond donors (Lipinski definition) is 1. The van der Waals surface area contributed by atoms with E-state index in [-0.39, 0.29) is 0 Å². The van der Waals surface area contributed by atoms with Gasteiger partial charge in [-0.3, -0.25) is 5.32 Å². The quantitative estimate of drug-likeness (QED) is 0.918. The van der Waals surface area contributed by atoms with Crippen molar-refractivity contribution in [3.63, 3.8) is 0 Å². The van der Waals surface area contributed by atoms with Gasteiger partial charge in [0.2, 0.25) is 0 Å². The summed E-state index contributed by atoms with van der Waals surface area (Å²) in [4.78, 5) is 2.25. The van der Waals surface area contributed by atoms with E-state index in [0.717, 1.165) is 25.1 Å². The van der Waals surface area contributed by atoms with Crippen LogP contribution in [0.1, 0.15) is 30.5 Å². The molecule has 20 heavy (non-hydrogen) atoms. The topological polar surface area (TPSA) is 15.3 Å². The van der Waals surface area contributed by atoms with Gasteiger partial charge in [-0.2, -0.15) is 13.2 Å². The molecule has 0 aromatic heterocycles. The van der Waals surface area contributed by atoms with Gasteiger partial charge in [0.1, 0.15) is 0 Å². The first-order chi connectivity index (χ1) is 9.17. The fraction of sp³-hybridized carbons (Fsp3) is 0.600. The van der Waals surface area contributed by atoms with Crippen LogP contribution >= 0.6 is 0 Å². The van der Waals surface area contributed by atoms with Crippen molar-refractivity contribution in [2.45, 2.75) is 38.5 Å². The Morgan fingerprint density at radius 3 is 2.55 bits per heavy atom. The number of fused-ring (bicyclic) bond motifs is 1. The second-order valence-corrected chi connectivity index (χ2v) is 6.07. The number of likely N-dealkylation sites (N-methyl/N-ethyl adjacent to an activating group) is 1. The Hall–Kier alpha value is -1.07. The van der Waals surface area contributed by atoms with Crippen molar-refractivity contribution in [3.8, 4) is 0 Å². The van der Waals surface area contributed by atoms with Crippen LogP contribution in [0.5, 0.6) is 0 Å². The van der Waals surface area contributed by atoms with Crippen LogP contribution in [0.2, 0.25) is 0 Å². The third kappa shape index (κ3) is 3.73. The number of nitrogens with one attached hydrogen (secondary N) is 1. The van der Waals surface area contributed by atoms with Crippen LogP contribution in [0.3, 0.4) is 0 Å². The van der Waals surface area contributed by atoms with Crippen molar-refractivity contribution in [2.24, 2.45) is 0 Å². The molecular weight excluding hydrogens is 265 g/mol. The van der Waals surface area contributed by atoms with Crippen molar-refractivity contribution >= 4 is 0 Å². The van der Waals surface area contributed by atoms with Gasteiger partial charge in [0.25, 0.3) is 0 Å². The van der Waals surface area contributed by atoms with Crippen LogP contribution in [-0.2, 0) is 18.5 Å². The van der Waals surface area contributed by atoms with E-state index in [1.54, 1.807) is 13.8 Å². The summed E-state index contributed by atoms with van der Waals surface area (Å²) < 4.78 is 37.1. The summed E-state index contributed by atoms with van der Waals surface area (Å²) in [7, 11) is 2.08. The molecule has 2 rings (SSSR count). The Labute approximate surface area is 118 Å². The Morgan fingerprint density at radius 1 is 1.20 bits per heavy atom. The van der Waals surface area contributed by atoms with Crippen molar-refractivity contribution in [1.82, 2.24) is 10.2 Å². The average Bonchev–Trinajstić information content (AvgIpc) is 2.35. The highest BCUT2D eigenvalue weighted by Gasteiger charge is 2.31. The van der Waals surface area contributed by atoms with E-state index in [1.807, 2.05) is 18.2 Å². The predicted molar refractivity (Wildman–Crippen MR) is 73.6 cm³/mol. The van der Waals surface area contributed by atoms with Gasteiger partial charge in [-0.05, 0) is 44.0 Å². The maximum Gasteiger partial charge on any atom is 0.401 e. The van der Waals surface area contributed by atoms with E-state index >= 15 is 0 Å². The zero-order valence-corrected chi connectivity index (χ0v) is 12.1. The van der Waals surface area contributed by atoms with E-state index in [2.05, 4.69) is 17.3 Å². The zero-order valence-electron chi connectivity index (χ0n) is 12.1. The molecule has 5 heteroatoms. The van der Waals surface area contributed by atoms with Crippen LogP contribution < -0.4 is 5.32 Å². The van der Waals surface area contributed by atoms with Crippen molar-refractivity contribution in [1.29, 1.82) is 0 Å². The molecule has 0 atom stereocenters. The summed E-state index contributed by atoms with van der Waals surface area (Å²) in [6, 6.07) is 6.02. The number of hydrogen-bond acceptors (Lipinski definition) is 2. The van der Waals surface area contributed by atoms with E-state index in [4.69, 9.17) is 0 Å². The molecule has 1 heterocycles. The first-order valence-corrected chi connectivity index (χ1v) is 6.80. The zero-order chi connectivity index (χ0) is 15.0. The maximum absolute atomic E-state index is 12.4. The molecule has 0 aliphatic carbocycles. The molecule has 0 amide bonds. The Kier molecular flexibility index (Phi) is 4.12. The second kappa shape index (κ2) is 5.37. The van der Waals surface area contributed by atoms with Gasteiger partial charge >= 0.3 is 6.18 Å². The largest absolute Gasteiger partial charge is 0.401 e. The van der Waals surface area contributed by atoms with Crippen LogP contribution in [0.15, 0.2) is 18.2 Å². The van der Waals surface area contributed by atoms with Crippen LogP contribution in [0.4, 0.5) is 13.2 Å². The lowest BCUT2D eigenvalue weighted by atomic mass is 9.89. The molecule has 1 aliphatic heterocycles. The third-order valence-electron chi connectivity index (χ3n) is 3.86. The summed E-state index contributed by atoms with van der Waals surface area (Å²) in [5, 5.41) is 2.60. The molecule has 0 unspecified atom stereocenters. The summed E-state index contributed by atoms with van der Waals surface area (Å²) >= 11 is 0. The van der Waals surface area contributed by atoms with Crippen LogP contribution in [0, 0.1) is 0 Å². The van der Waals surface area contributed by atoms with Gasteiger partial charge in [-0.15, -0.1) is 0 Å². The summed E-state index contributed by atoms with van der Waals surface area (Å²) in [6.45, 7) is 4.50. The van der Waals surface area contributed by atoms with Crippen molar-refractivity contribution in [2.75, 3.05) is 20.1 Å².